The molecule has 0 radical (unpaired) electrons. The molecular weight excluding hydrogens is 274 g/mol. The highest BCUT2D eigenvalue weighted by Crippen LogP contribution is 2.07. The number of hydrogen-bond acceptors (Lipinski definition) is 4. The molecule has 0 unspecified atom stereocenters. The average Bonchev–Trinajstić information content (AvgIpc) is 2.82. The SMILES string of the molecule is CC(=O)N1CCCN(CC(=O)NCc2cccs2)CC1. The van der Waals surface area contributed by atoms with Crippen molar-refractivity contribution >= 4 is 23.2 Å². The van der Waals surface area contributed by atoms with Crippen molar-refractivity contribution in [2.24, 2.45) is 0 Å². The number of carbonyl (C=O) groups excluding carboxylic acids is 2. The van der Waals surface area contributed by atoms with E-state index >= 15 is 0 Å². The van der Waals surface area contributed by atoms with E-state index in [0.29, 0.717) is 19.6 Å². The monoisotopic (exact) mass is 295 g/mol. The quantitative estimate of drug-likeness (QED) is 0.898. The summed E-state index contributed by atoms with van der Waals surface area (Å²) in [5.74, 6) is 0.170. The third-order valence-corrected chi connectivity index (χ3v) is 4.32. The van der Waals surface area contributed by atoms with Gasteiger partial charge in [0.25, 0.3) is 0 Å². The van der Waals surface area contributed by atoms with Crippen LogP contribution in [0.15, 0.2) is 17.5 Å². The van der Waals surface area contributed by atoms with Gasteiger partial charge in [0, 0.05) is 38.0 Å². The Hall–Kier alpha value is -1.40. The molecule has 1 aromatic rings. The minimum atomic E-state index is 0.0506. The Labute approximate surface area is 123 Å². The second-order valence-corrected chi connectivity index (χ2v) is 6.02. The summed E-state index contributed by atoms with van der Waals surface area (Å²) in [6.45, 7) is 5.77. The molecule has 5 nitrogen and oxygen atoms in total. The summed E-state index contributed by atoms with van der Waals surface area (Å²) in [6, 6.07) is 4.00. The molecular formula is C14H21N3O2S. The summed E-state index contributed by atoms with van der Waals surface area (Å²) in [7, 11) is 0. The summed E-state index contributed by atoms with van der Waals surface area (Å²) in [5, 5.41) is 4.94. The highest BCUT2D eigenvalue weighted by molar-refractivity contribution is 7.09. The first-order chi connectivity index (χ1) is 9.65. The molecule has 1 aliphatic heterocycles. The van der Waals surface area contributed by atoms with Crippen LogP contribution in [-0.4, -0.2) is 54.3 Å². The van der Waals surface area contributed by atoms with Gasteiger partial charge in [-0.3, -0.25) is 14.5 Å². The maximum absolute atomic E-state index is 11.9. The van der Waals surface area contributed by atoms with Gasteiger partial charge in [0.2, 0.25) is 11.8 Å². The molecule has 2 amide bonds. The minimum absolute atomic E-state index is 0.0506. The van der Waals surface area contributed by atoms with E-state index in [2.05, 4.69) is 10.2 Å². The van der Waals surface area contributed by atoms with Crippen LogP contribution in [0.1, 0.15) is 18.2 Å². The average molecular weight is 295 g/mol. The van der Waals surface area contributed by atoms with Gasteiger partial charge in [0.1, 0.15) is 0 Å². The number of nitrogens with zero attached hydrogens (tertiary/aromatic N) is 2. The lowest BCUT2D eigenvalue weighted by molar-refractivity contribution is -0.128. The first-order valence-electron chi connectivity index (χ1n) is 6.92. The van der Waals surface area contributed by atoms with E-state index in [1.54, 1.807) is 18.3 Å². The molecule has 0 atom stereocenters. The number of nitrogens with one attached hydrogen (secondary N) is 1. The van der Waals surface area contributed by atoms with Crippen LogP contribution in [0, 0.1) is 0 Å². The molecule has 1 aromatic heterocycles. The van der Waals surface area contributed by atoms with Gasteiger partial charge >= 0.3 is 0 Å². The Kier molecular flexibility index (Phi) is 5.55. The van der Waals surface area contributed by atoms with Crippen LogP contribution in [0.2, 0.25) is 0 Å². The molecule has 6 heteroatoms. The number of hydrogen-bond donors (Lipinski definition) is 1. The van der Waals surface area contributed by atoms with Gasteiger partial charge in [-0.2, -0.15) is 0 Å². The first kappa shape index (κ1) is 15.0. The van der Waals surface area contributed by atoms with Crippen molar-refractivity contribution in [1.82, 2.24) is 15.1 Å². The van der Waals surface area contributed by atoms with Gasteiger partial charge in [-0.15, -0.1) is 11.3 Å². The van der Waals surface area contributed by atoms with E-state index in [-0.39, 0.29) is 11.8 Å². The van der Waals surface area contributed by atoms with Crippen molar-refractivity contribution < 1.29 is 9.59 Å². The van der Waals surface area contributed by atoms with Crippen LogP contribution in [-0.2, 0) is 16.1 Å². The predicted octanol–water partition coefficient (Wildman–Crippen LogP) is 0.918. The molecule has 0 aliphatic carbocycles. The van der Waals surface area contributed by atoms with Crippen LogP contribution >= 0.6 is 11.3 Å². The molecule has 20 heavy (non-hydrogen) atoms. The Morgan fingerprint density at radius 1 is 1.30 bits per heavy atom. The van der Waals surface area contributed by atoms with E-state index < -0.39 is 0 Å². The lowest BCUT2D eigenvalue weighted by Gasteiger charge is -2.20. The molecule has 0 aromatic carbocycles. The summed E-state index contributed by atoms with van der Waals surface area (Å²) >= 11 is 1.65. The molecule has 0 spiro atoms. The van der Waals surface area contributed by atoms with E-state index in [1.807, 2.05) is 22.4 Å². The third kappa shape index (κ3) is 4.61. The molecule has 1 N–H and O–H groups in total. The fraction of sp³-hybridized carbons (Fsp3) is 0.571. The first-order valence-corrected chi connectivity index (χ1v) is 7.80. The van der Waals surface area contributed by atoms with E-state index in [4.69, 9.17) is 0 Å². The van der Waals surface area contributed by atoms with E-state index in [0.717, 1.165) is 30.9 Å². The van der Waals surface area contributed by atoms with Gasteiger partial charge in [-0.05, 0) is 17.9 Å². The zero-order chi connectivity index (χ0) is 14.4. The van der Waals surface area contributed by atoms with Crippen molar-refractivity contribution in [2.75, 3.05) is 32.7 Å². The fourth-order valence-electron chi connectivity index (χ4n) is 2.30. The lowest BCUT2D eigenvalue weighted by Crippen LogP contribution is -2.39. The third-order valence-electron chi connectivity index (χ3n) is 3.44. The van der Waals surface area contributed by atoms with Crippen molar-refractivity contribution in [1.29, 1.82) is 0 Å². The maximum Gasteiger partial charge on any atom is 0.234 e. The maximum atomic E-state index is 11.9. The second-order valence-electron chi connectivity index (χ2n) is 4.99. The summed E-state index contributed by atoms with van der Waals surface area (Å²) < 4.78 is 0. The van der Waals surface area contributed by atoms with Crippen molar-refractivity contribution in [3.63, 3.8) is 0 Å². The topological polar surface area (TPSA) is 52.7 Å². The smallest absolute Gasteiger partial charge is 0.234 e. The van der Waals surface area contributed by atoms with Gasteiger partial charge in [0.15, 0.2) is 0 Å². The molecule has 1 fully saturated rings. The zero-order valence-electron chi connectivity index (χ0n) is 11.8. The molecule has 1 saturated heterocycles. The van der Waals surface area contributed by atoms with Gasteiger partial charge in [-0.1, -0.05) is 6.07 Å². The Bertz CT molecular complexity index is 447. The van der Waals surface area contributed by atoms with E-state index in [1.165, 1.54) is 0 Å². The number of rotatable bonds is 4. The Morgan fingerprint density at radius 2 is 2.15 bits per heavy atom. The van der Waals surface area contributed by atoms with Gasteiger partial charge in [0.05, 0.1) is 13.1 Å². The largest absolute Gasteiger partial charge is 0.350 e. The van der Waals surface area contributed by atoms with Crippen LogP contribution in [0.5, 0.6) is 0 Å². The summed E-state index contributed by atoms with van der Waals surface area (Å²) in [5.41, 5.74) is 0. The highest BCUT2D eigenvalue weighted by atomic mass is 32.1. The molecule has 0 bridgehead atoms. The number of amides is 2. The van der Waals surface area contributed by atoms with Crippen LogP contribution in [0.3, 0.4) is 0 Å². The zero-order valence-corrected chi connectivity index (χ0v) is 12.6. The van der Waals surface area contributed by atoms with Gasteiger partial charge < -0.3 is 10.2 Å². The van der Waals surface area contributed by atoms with Crippen molar-refractivity contribution in [3.05, 3.63) is 22.4 Å². The second kappa shape index (κ2) is 7.40. The molecule has 0 saturated carbocycles. The minimum Gasteiger partial charge on any atom is -0.350 e. The number of carbonyl (C=O) groups is 2. The fourth-order valence-corrected chi connectivity index (χ4v) is 2.95. The lowest BCUT2D eigenvalue weighted by atomic mass is 10.3. The van der Waals surface area contributed by atoms with Crippen molar-refractivity contribution in [3.8, 4) is 0 Å². The summed E-state index contributed by atoms with van der Waals surface area (Å²) in [6.07, 6.45) is 0.928. The predicted molar refractivity (Wildman–Crippen MR) is 79.5 cm³/mol. The summed E-state index contributed by atoms with van der Waals surface area (Å²) in [4.78, 5) is 28.4. The van der Waals surface area contributed by atoms with Crippen molar-refractivity contribution in [2.45, 2.75) is 19.9 Å². The Balaban J connectivity index is 1.72. The standard InChI is InChI=1S/C14H21N3O2S/c1-12(18)17-6-3-5-16(7-8-17)11-14(19)15-10-13-4-2-9-20-13/h2,4,9H,3,5-8,10-11H2,1H3,(H,15,19). The molecule has 2 heterocycles. The molecule has 110 valence electrons. The Morgan fingerprint density at radius 3 is 2.85 bits per heavy atom. The van der Waals surface area contributed by atoms with Crippen LogP contribution in [0.4, 0.5) is 0 Å². The molecule has 2 rings (SSSR count). The van der Waals surface area contributed by atoms with E-state index in [9.17, 15) is 9.59 Å². The number of thiophene rings is 1. The normalized spacial score (nSPS) is 16.8. The van der Waals surface area contributed by atoms with Crippen LogP contribution < -0.4 is 5.32 Å². The van der Waals surface area contributed by atoms with Gasteiger partial charge in [-0.25, -0.2) is 0 Å². The highest BCUT2D eigenvalue weighted by Gasteiger charge is 2.18. The molecule has 1 aliphatic rings. The van der Waals surface area contributed by atoms with Crippen LogP contribution in [0.25, 0.3) is 0 Å².